The van der Waals surface area contributed by atoms with Crippen molar-refractivity contribution in [3.8, 4) is 5.69 Å². The lowest BCUT2D eigenvalue weighted by Crippen LogP contribution is -2.54. The van der Waals surface area contributed by atoms with Crippen molar-refractivity contribution in [2.24, 2.45) is 0 Å². The highest BCUT2D eigenvalue weighted by molar-refractivity contribution is 5.64. The second-order valence-electron chi connectivity index (χ2n) is 9.41. The average molecular weight is 457 g/mol. The van der Waals surface area contributed by atoms with Gasteiger partial charge in [-0.15, -0.1) is 5.10 Å². The number of aromatic nitrogens is 3. The fraction of sp³-hybridized carbons (Fsp3) is 0.417. The smallest absolute Gasteiger partial charge is 0.246 e. The average Bonchev–Trinajstić information content (AvgIpc) is 3.14. The third-order valence-corrected chi connectivity index (χ3v) is 5.58. The summed E-state index contributed by atoms with van der Waals surface area (Å²) in [7, 11) is 0. The van der Waals surface area contributed by atoms with E-state index in [4.69, 9.17) is 0 Å². The van der Waals surface area contributed by atoms with E-state index in [-0.39, 0.29) is 11.7 Å². The third-order valence-electron chi connectivity index (χ3n) is 5.58. The maximum absolute atomic E-state index is 13.5. The van der Waals surface area contributed by atoms with E-state index < -0.39 is 17.2 Å². The van der Waals surface area contributed by atoms with Gasteiger partial charge in [0, 0.05) is 49.7 Å². The van der Waals surface area contributed by atoms with Crippen LogP contribution in [-0.4, -0.2) is 62.6 Å². The van der Waals surface area contributed by atoms with Crippen LogP contribution in [0, 0.1) is 18.6 Å². The van der Waals surface area contributed by atoms with Crippen molar-refractivity contribution < 1.29 is 13.9 Å². The number of aryl methyl sites for hydroxylation is 1. The summed E-state index contributed by atoms with van der Waals surface area (Å²) in [5.41, 5.74) is 2.57. The number of nitrogens with one attached hydrogen (secondary N) is 1. The molecule has 1 atom stereocenters. The quantitative estimate of drug-likeness (QED) is 0.587. The summed E-state index contributed by atoms with van der Waals surface area (Å²) >= 11 is 0. The largest absolute Gasteiger partial charge is 0.389 e. The highest BCUT2D eigenvalue weighted by atomic mass is 19.1. The number of piperazine rings is 1. The summed E-state index contributed by atoms with van der Waals surface area (Å²) in [6.07, 6.45) is 1.41. The molecule has 2 N–H and O–H groups in total. The first kappa shape index (κ1) is 23.1. The van der Waals surface area contributed by atoms with E-state index in [1.54, 1.807) is 0 Å². The van der Waals surface area contributed by atoms with E-state index in [1.807, 2.05) is 26.8 Å². The number of benzene rings is 2. The highest BCUT2D eigenvalue weighted by Gasteiger charge is 2.27. The van der Waals surface area contributed by atoms with Crippen LogP contribution in [0.5, 0.6) is 0 Å². The molecule has 0 saturated carbocycles. The molecule has 0 radical (unpaired) electrons. The van der Waals surface area contributed by atoms with Gasteiger partial charge in [-0.1, -0.05) is 0 Å². The normalized spacial score (nSPS) is 17.4. The molecule has 4 rings (SSSR count). The van der Waals surface area contributed by atoms with Crippen molar-refractivity contribution in [1.82, 2.24) is 19.7 Å². The SMILES string of the molecule is Cc1cc(Nc2ncn(-c3cc(F)cc(F)c3)n2)cc(N2CCN(CC(C)(C)O)CC2C)c1. The Morgan fingerprint density at radius 2 is 1.79 bits per heavy atom. The van der Waals surface area contributed by atoms with Crippen LogP contribution in [-0.2, 0) is 0 Å². The van der Waals surface area contributed by atoms with Crippen LogP contribution in [0.15, 0.2) is 42.7 Å². The van der Waals surface area contributed by atoms with Gasteiger partial charge in [0.25, 0.3) is 0 Å². The van der Waals surface area contributed by atoms with Gasteiger partial charge in [-0.05, 0) is 63.6 Å². The first-order valence-electron chi connectivity index (χ1n) is 11.0. The maximum Gasteiger partial charge on any atom is 0.246 e. The molecule has 1 aliphatic heterocycles. The van der Waals surface area contributed by atoms with Gasteiger partial charge in [-0.2, -0.15) is 4.98 Å². The zero-order valence-corrected chi connectivity index (χ0v) is 19.4. The molecule has 9 heteroatoms. The number of hydrogen-bond donors (Lipinski definition) is 2. The van der Waals surface area contributed by atoms with Gasteiger partial charge in [0.2, 0.25) is 5.95 Å². The maximum atomic E-state index is 13.5. The Kier molecular flexibility index (Phi) is 6.36. The molecule has 0 spiro atoms. The molecule has 7 nitrogen and oxygen atoms in total. The summed E-state index contributed by atoms with van der Waals surface area (Å²) < 4.78 is 28.4. The van der Waals surface area contributed by atoms with Crippen molar-refractivity contribution in [2.75, 3.05) is 36.4 Å². The molecule has 0 amide bonds. The predicted octanol–water partition coefficient (Wildman–Crippen LogP) is 3.88. The topological polar surface area (TPSA) is 69.5 Å². The van der Waals surface area contributed by atoms with Gasteiger partial charge in [0.05, 0.1) is 11.3 Å². The molecule has 2 aromatic carbocycles. The number of anilines is 3. The number of halogens is 2. The first-order chi connectivity index (χ1) is 15.6. The first-order valence-corrected chi connectivity index (χ1v) is 11.0. The van der Waals surface area contributed by atoms with Gasteiger partial charge in [0.1, 0.15) is 18.0 Å². The zero-order valence-electron chi connectivity index (χ0n) is 19.4. The molecule has 3 aromatic rings. The van der Waals surface area contributed by atoms with Crippen molar-refractivity contribution in [1.29, 1.82) is 0 Å². The molecular formula is C24H30F2N6O. The van der Waals surface area contributed by atoms with Crippen molar-refractivity contribution in [3.63, 3.8) is 0 Å². The Morgan fingerprint density at radius 1 is 1.06 bits per heavy atom. The van der Waals surface area contributed by atoms with E-state index in [1.165, 1.54) is 23.1 Å². The molecule has 1 aromatic heterocycles. The molecule has 176 valence electrons. The lowest BCUT2D eigenvalue weighted by Gasteiger charge is -2.43. The van der Waals surface area contributed by atoms with Gasteiger partial charge in [0.15, 0.2) is 0 Å². The molecule has 1 unspecified atom stereocenters. The molecule has 33 heavy (non-hydrogen) atoms. The van der Waals surface area contributed by atoms with Crippen LogP contribution >= 0.6 is 0 Å². The zero-order chi connectivity index (χ0) is 23.8. The lowest BCUT2D eigenvalue weighted by molar-refractivity contribution is 0.0308. The van der Waals surface area contributed by atoms with Crippen molar-refractivity contribution >= 4 is 17.3 Å². The van der Waals surface area contributed by atoms with E-state index in [2.05, 4.69) is 44.3 Å². The number of rotatable bonds is 6. The number of hydrogen-bond acceptors (Lipinski definition) is 6. The Hall–Kier alpha value is -3.04. The van der Waals surface area contributed by atoms with Crippen LogP contribution in [0.4, 0.5) is 26.1 Å². The van der Waals surface area contributed by atoms with E-state index >= 15 is 0 Å². The molecule has 2 heterocycles. The molecule has 1 saturated heterocycles. The fourth-order valence-electron chi connectivity index (χ4n) is 4.35. The van der Waals surface area contributed by atoms with E-state index in [0.717, 1.165) is 42.6 Å². The van der Waals surface area contributed by atoms with Gasteiger partial charge < -0.3 is 15.3 Å². The second-order valence-corrected chi connectivity index (χ2v) is 9.41. The van der Waals surface area contributed by atoms with Crippen LogP contribution in [0.3, 0.4) is 0 Å². The second kappa shape index (κ2) is 9.07. The predicted molar refractivity (Wildman–Crippen MR) is 125 cm³/mol. The molecule has 0 aliphatic carbocycles. The van der Waals surface area contributed by atoms with Crippen LogP contribution in [0.1, 0.15) is 26.3 Å². The standard InChI is InChI=1S/C24H30F2N6O/c1-16-7-20(28-23-27-15-32(29-23)22-10-18(25)9-19(26)11-22)12-21(8-16)31-6-5-30(13-17(31)2)14-24(3,4)33/h7-12,15,17,33H,5-6,13-14H2,1-4H3,(H,28,29). The van der Waals surface area contributed by atoms with Crippen molar-refractivity contribution in [3.05, 3.63) is 59.9 Å². The number of nitrogens with zero attached hydrogens (tertiary/aromatic N) is 5. The Balaban J connectivity index is 1.49. The molecule has 0 bridgehead atoms. The minimum Gasteiger partial charge on any atom is -0.389 e. The Labute approximate surface area is 192 Å². The molecular weight excluding hydrogens is 426 g/mol. The highest BCUT2D eigenvalue weighted by Crippen LogP contribution is 2.27. The van der Waals surface area contributed by atoms with E-state index in [0.29, 0.717) is 12.5 Å². The van der Waals surface area contributed by atoms with Gasteiger partial charge >= 0.3 is 0 Å². The summed E-state index contributed by atoms with van der Waals surface area (Å²) in [6, 6.07) is 9.71. The fourth-order valence-corrected chi connectivity index (χ4v) is 4.35. The Bertz CT molecular complexity index is 1110. The summed E-state index contributed by atoms with van der Waals surface area (Å²) in [4.78, 5) is 8.89. The van der Waals surface area contributed by atoms with Gasteiger partial charge in [-0.25, -0.2) is 13.5 Å². The number of β-amino-alcohol motifs (C(OH)–C–C–N with tert-alkyl or cyclic N) is 1. The van der Waals surface area contributed by atoms with Crippen LogP contribution in [0.25, 0.3) is 5.69 Å². The summed E-state index contributed by atoms with van der Waals surface area (Å²) in [5.74, 6) is -1.01. The summed E-state index contributed by atoms with van der Waals surface area (Å²) in [6.45, 7) is 11.1. The number of aliphatic hydroxyl groups is 1. The Morgan fingerprint density at radius 3 is 2.45 bits per heavy atom. The van der Waals surface area contributed by atoms with Crippen molar-refractivity contribution in [2.45, 2.75) is 39.3 Å². The monoisotopic (exact) mass is 456 g/mol. The molecule has 1 aliphatic rings. The van der Waals surface area contributed by atoms with Gasteiger partial charge in [-0.3, -0.25) is 4.90 Å². The summed E-state index contributed by atoms with van der Waals surface area (Å²) in [5, 5.41) is 17.6. The van der Waals surface area contributed by atoms with Crippen LogP contribution in [0.2, 0.25) is 0 Å². The van der Waals surface area contributed by atoms with E-state index in [9.17, 15) is 13.9 Å². The third kappa shape index (κ3) is 5.85. The lowest BCUT2D eigenvalue weighted by atomic mass is 10.1. The minimum absolute atomic E-state index is 0.260. The minimum atomic E-state index is -0.712. The molecule has 1 fully saturated rings. The van der Waals surface area contributed by atoms with Crippen LogP contribution < -0.4 is 10.2 Å².